The van der Waals surface area contributed by atoms with Gasteiger partial charge in [-0.15, -0.1) is 11.3 Å². The first kappa shape index (κ1) is 14.7. The SMILES string of the molecule is Cc1sc2ncnc(SC(C)C(=O)NC(N)=O)c2c1C. The quantitative estimate of drug-likeness (QED) is 0.667. The number of rotatable bonds is 3. The second-order valence-corrected chi connectivity index (χ2v) is 6.79. The number of aryl methyl sites for hydroxylation is 2. The largest absolute Gasteiger partial charge is 0.351 e. The normalized spacial score (nSPS) is 12.3. The number of thioether (sulfide) groups is 1. The number of nitrogens with one attached hydrogen (secondary N) is 1. The molecule has 3 N–H and O–H groups in total. The van der Waals surface area contributed by atoms with Crippen molar-refractivity contribution in [2.75, 3.05) is 0 Å². The summed E-state index contributed by atoms with van der Waals surface area (Å²) >= 11 is 2.89. The minimum atomic E-state index is -0.849. The van der Waals surface area contributed by atoms with Crippen LogP contribution in [0.1, 0.15) is 17.4 Å². The van der Waals surface area contributed by atoms with E-state index in [1.54, 1.807) is 18.3 Å². The summed E-state index contributed by atoms with van der Waals surface area (Å²) < 4.78 is 0. The molecule has 0 saturated carbocycles. The van der Waals surface area contributed by atoms with Gasteiger partial charge >= 0.3 is 6.03 Å². The molecule has 3 amide bonds. The van der Waals surface area contributed by atoms with E-state index in [9.17, 15) is 9.59 Å². The number of imide groups is 1. The van der Waals surface area contributed by atoms with Gasteiger partial charge < -0.3 is 5.73 Å². The van der Waals surface area contributed by atoms with Crippen LogP contribution in [-0.2, 0) is 4.79 Å². The molecule has 0 spiro atoms. The van der Waals surface area contributed by atoms with Gasteiger partial charge in [0.2, 0.25) is 5.91 Å². The lowest BCUT2D eigenvalue weighted by Gasteiger charge is -2.10. The van der Waals surface area contributed by atoms with Gasteiger partial charge in [-0.25, -0.2) is 14.8 Å². The molecule has 2 rings (SSSR count). The highest BCUT2D eigenvalue weighted by atomic mass is 32.2. The number of hydrogen-bond donors (Lipinski definition) is 2. The fourth-order valence-electron chi connectivity index (χ4n) is 1.68. The summed E-state index contributed by atoms with van der Waals surface area (Å²) in [6.07, 6.45) is 1.48. The first-order chi connectivity index (χ1) is 9.40. The number of primary amides is 1. The van der Waals surface area contributed by atoms with E-state index in [-0.39, 0.29) is 0 Å². The first-order valence-corrected chi connectivity index (χ1v) is 7.57. The average Bonchev–Trinajstić information content (AvgIpc) is 2.65. The smallest absolute Gasteiger partial charge is 0.318 e. The number of fused-ring (bicyclic) bond motifs is 1. The average molecular weight is 310 g/mol. The van der Waals surface area contributed by atoms with E-state index in [0.717, 1.165) is 20.8 Å². The van der Waals surface area contributed by atoms with Crippen molar-refractivity contribution in [2.45, 2.75) is 31.0 Å². The number of thiophene rings is 1. The molecule has 20 heavy (non-hydrogen) atoms. The van der Waals surface area contributed by atoms with Gasteiger partial charge in [-0.05, 0) is 26.3 Å². The van der Waals surface area contributed by atoms with Gasteiger partial charge in [0.05, 0.1) is 5.25 Å². The second-order valence-electron chi connectivity index (χ2n) is 4.26. The second kappa shape index (κ2) is 5.76. The van der Waals surface area contributed by atoms with Gasteiger partial charge in [0.15, 0.2) is 0 Å². The number of carbonyl (C=O) groups excluding carboxylic acids is 2. The molecule has 1 unspecified atom stereocenters. The van der Waals surface area contributed by atoms with E-state index >= 15 is 0 Å². The van der Waals surface area contributed by atoms with Crippen LogP contribution < -0.4 is 11.1 Å². The monoisotopic (exact) mass is 310 g/mol. The lowest BCUT2D eigenvalue weighted by atomic mass is 10.2. The minimum absolute atomic E-state index is 0.432. The standard InChI is InChI=1S/C12H14N4O2S2/c1-5-6(2)19-10-8(5)11(15-4-14-10)20-7(3)9(17)16-12(13)18/h4,7H,1-3H3,(H3,13,16,17,18). The molecule has 0 fully saturated rings. The number of carbonyl (C=O) groups is 2. The topological polar surface area (TPSA) is 98.0 Å². The van der Waals surface area contributed by atoms with Crippen molar-refractivity contribution in [3.8, 4) is 0 Å². The molecule has 0 aliphatic rings. The molecule has 0 bridgehead atoms. The first-order valence-electron chi connectivity index (χ1n) is 5.87. The summed E-state index contributed by atoms with van der Waals surface area (Å²) in [5, 5.41) is 3.31. The van der Waals surface area contributed by atoms with Gasteiger partial charge in [0.1, 0.15) is 16.2 Å². The Bertz CT molecular complexity index is 683. The lowest BCUT2D eigenvalue weighted by Crippen LogP contribution is -2.39. The van der Waals surface area contributed by atoms with Gasteiger partial charge in [-0.2, -0.15) is 0 Å². The zero-order chi connectivity index (χ0) is 14.9. The van der Waals surface area contributed by atoms with E-state index in [1.165, 1.54) is 23.0 Å². The number of nitrogens with two attached hydrogens (primary N) is 1. The number of urea groups is 1. The van der Waals surface area contributed by atoms with Gasteiger partial charge in [-0.1, -0.05) is 11.8 Å². The van der Waals surface area contributed by atoms with E-state index < -0.39 is 17.2 Å². The molecular weight excluding hydrogens is 296 g/mol. The third kappa shape index (κ3) is 2.91. The molecule has 0 aliphatic carbocycles. The van der Waals surface area contributed by atoms with Crippen molar-refractivity contribution in [2.24, 2.45) is 5.73 Å². The van der Waals surface area contributed by atoms with Crippen LogP contribution >= 0.6 is 23.1 Å². The summed E-state index contributed by atoms with van der Waals surface area (Å²) in [5.41, 5.74) is 6.06. The molecule has 0 aliphatic heterocycles. The third-order valence-corrected chi connectivity index (χ3v) is 5.05. The van der Waals surface area contributed by atoms with Crippen LogP contribution in [0, 0.1) is 13.8 Å². The van der Waals surface area contributed by atoms with Crippen LogP contribution in [0.5, 0.6) is 0 Å². The molecule has 0 saturated heterocycles. The Morgan fingerprint density at radius 1 is 1.40 bits per heavy atom. The summed E-state index contributed by atoms with van der Waals surface area (Å²) in [6, 6.07) is -0.849. The number of nitrogens with zero attached hydrogens (tertiary/aromatic N) is 2. The number of hydrogen-bond acceptors (Lipinski definition) is 6. The zero-order valence-corrected chi connectivity index (χ0v) is 12.9. The molecule has 2 aromatic heterocycles. The van der Waals surface area contributed by atoms with Crippen molar-refractivity contribution in [3.63, 3.8) is 0 Å². The van der Waals surface area contributed by atoms with E-state index in [0.29, 0.717) is 0 Å². The Labute approximate surface area is 124 Å². The number of aromatic nitrogens is 2. The predicted molar refractivity (Wildman–Crippen MR) is 79.9 cm³/mol. The zero-order valence-electron chi connectivity index (χ0n) is 11.3. The minimum Gasteiger partial charge on any atom is -0.351 e. The third-order valence-electron chi connectivity index (χ3n) is 2.83. The molecule has 0 radical (unpaired) electrons. The highest BCUT2D eigenvalue weighted by Crippen LogP contribution is 2.35. The van der Waals surface area contributed by atoms with Crippen molar-refractivity contribution in [1.82, 2.24) is 15.3 Å². The van der Waals surface area contributed by atoms with Crippen LogP contribution in [0.4, 0.5) is 4.79 Å². The molecule has 0 aromatic carbocycles. The maximum atomic E-state index is 11.7. The fourth-order valence-corrected chi connectivity index (χ4v) is 3.72. The van der Waals surface area contributed by atoms with E-state index in [1.807, 2.05) is 13.8 Å². The van der Waals surface area contributed by atoms with Crippen LogP contribution in [-0.4, -0.2) is 27.2 Å². The summed E-state index contributed by atoms with van der Waals surface area (Å²) in [7, 11) is 0. The molecule has 8 heteroatoms. The highest BCUT2D eigenvalue weighted by molar-refractivity contribution is 8.00. The van der Waals surface area contributed by atoms with Gasteiger partial charge in [0.25, 0.3) is 0 Å². The van der Waals surface area contributed by atoms with Gasteiger partial charge in [0, 0.05) is 10.3 Å². The van der Waals surface area contributed by atoms with E-state index in [2.05, 4.69) is 15.3 Å². The molecule has 1 atom stereocenters. The van der Waals surface area contributed by atoms with Crippen molar-refractivity contribution in [3.05, 3.63) is 16.8 Å². The molecule has 6 nitrogen and oxygen atoms in total. The number of amides is 3. The Hall–Kier alpha value is -1.67. The molecule has 2 aromatic rings. The van der Waals surface area contributed by atoms with Crippen LogP contribution in [0.3, 0.4) is 0 Å². The predicted octanol–water partition coefficient (Wildman–Crippen LogP) is 1.98. The molecule has 2 heterocycles. The Morgan fingerprint density at radius 3 is 2.75 bits per heavy atom. The summed E-state index contributed by atoms with van der Waals surface area (Å²) in [5.74, 6) is -0.432. The van der Waals surface area contributed by atoms with Crippen molar-refractivity contribution >= 4 is 45.3 Å². The van der Waals surface area contributed by atoms with Gasteiger partial charge in [-0.3, -0.25) is 10.1 Å². The van der Waals surface area contributed by atoms with Crippen LogP contribution in [0.2, 0.25) is 0 Å². The maximum absolute atomic E-state index is 11.7. The maximum Gasteiger partial charge on any atom is 0.318 e. The van der Waals surface area contributed by atoms with Crippen molar-refractivity contribution < 1.29 is 9.59 Å². The van der Waals surface area contributed by atoms with Crippen molar-refractivity contribution in [1.29, 1.82) is 0 Å². The Kier molecular flexibility index (Phi) is 4.24. The summed E-state index contributed by atoms with van der Waals surface area (Å²) in [4.78, 5) is 33.0. The molecular formula is C12H14N4O2S2. The van der Waals surface area contributed by atoms with Crippen LogP contribution in [0.15, 0.2) is 11.4 Å². The summed E-state index contributed by atoms with van der Waals surface area (Å²) in [6.45, 7) is 5.74. The Balaban J connectivity index is 2.30. The van der Waals surface area contributed by atoms with E-state index in [4.69, 9.17) is 5.73 Å². The van der Waals surface area contributed by atoms with Crippen LogP contribution in [0.25, 0.3) is 10.2 Å². The highest BCUT2D eigenvalue weighted by Gasteiger charge is 2.20. The Morgan fingerprint density at radius 2 is 2.10 bits per heavy atom. The lowest BCUT2D eigenvalue weighted by molar-refractivity contribution is -0.119. The molecule has 106 valence electrons. The fraction of sp³-hybridized carbons (Fsp3) is 0.333.